The highest BCUT2D eigenvalue weighted by molar-refractivity contribution is 7.13. The Kier molecular flexibility index (Phi) is 6.96. The fourth-order valence-electron chi connectivity index (χ4n) is 4.35. The van der Waals surface area contributed by atoms with E-state index in [4.69, 9.17) is 15.7 Å². The third-order valence-corrected chi connectivity index (χ3v) is 7.57. The lowest BCUT2D eigenvalue weighted by molar-refractivity contribution is -0.137. The van der Waals surface area contributed by atoms with Crippen molar-refractivity contribution in [3.63, 3.8) is 0 Å². The third kappa shape index (κ3) is 6.18. The molecule has 192 valence electrons. The van der Waals surface area contributed by atoms with Crippen LogP contribution in [0.1, 0.15) is 43.7 Å². The number of hydrogen-bond donors (Lipinski definition) is 4. The van der Waals surface area contributed by atoms with Crippen LogP contribution in [0.15, 0.2) is 18.3 Å². The number of halogens is 1. The predicted molar refractivity (Wildman–Crippen MR) is 135 cm³/mol. The number of carbonyl (C=O) groups excluding carboxylic acids is 4. The Morgan fingerprint density at radius 1 is 1.17 bits per heavy atom. The molecule has 0 bridgehead atoms. The minimum absolute atomic E-state index is 0.0623. The highest BCUT2D eigenvalue weighted by Crippen LogP contribution is 2.27. The molecule has 0 unspecified atom stereocenters. The lowest BCUT2D eigenvalue weighted by Gasteiger charge is -2.36. The number of fused-ring (bicyclic) bond motifs is 1. The number of nitrogens with zero attached hydrogens (tertiary/aromatic N) is 3. The molecular formula is C23H28ClN7O4S. The lowest BCUT2D eigenvalue weighted by Crippen LogP contribution is -2.57. The highest BCUT2D eigenvalue weighted by atomic mass is 35.5. The van der Waals surface area contributed by atoms with Gasteiger partial charge in [0.1, 0.15) is 5.82 Å². The Balaban J connectivity index is 1.46. The van der Waals surface area contributed by atoms with Crippen LogP contribution in [0.25, 0.3) is 0 Å². The third-order valence-electron chi connectivity index (χ3n) is 6.27. The van der Waals surface area contributed by atoms with Gasteiger partial charge < -0.3 is 26.2 Å². The van der Waals surface area contributed by atoms with Crippen molar-refractivity contribution >= 4 is 52.4 Å². The molecule has 0 spiro atoms. The SMILES string of the molecule is [2H]C([2H])([2H])NC(=O)[C@H]1CC[C@H](NC(=O)C(=O)Nc2ccc(Cl)cn2)[C@H](NC(=O)c2nc3c(s2)CN(C)CC3)C1. The molecule has 0 radical (unpaired) electrons. The molecule has 2 aromatic heterocycles. The molecule has 2 aromatic rings. The number of amides is 4. The second-order valence-corrected chi connectivity index (χ2v) is 10.4. The van der Waals surface area contributed by atoms with Gasteiger partial charge in [-0.2, -0.15) is 0 Å². The zero-order valence-corrected chi connectivity index (χ0v) is 21.0. The molecule has 3 heterocycles. The molecule has 4 rings (SSSR count). The summed E-state index contributed by atoms with van der Waals surface area (Å²) < 4.78 is 22.0. The number of pyridine rings is 1. The van der Waals surface area contributed by atoms with Crippen LogP contribution in [0.2, 0.25) is 5.02 Å². The summed E-state index contributed by atoms with van der Waals surface area (Å²) >= 11 is 7.08. The van der Waals surface area contributed by atoms with Crippen molar-refractivity contribution in [1.82, 2.24) is 30.8 Å². The summed E-state index contributed by atoms with van der Waals surface area (Å²) in [6.45, 7) is -1.12. The average Bonchev–Trinajstić information content (AvgIpc) is 3.28. The zero-order chi connectivity index (χ0) is 28.3. The Morgan fingerprint density at radius 2 is 2.00 bits per heavy atom. The Labute approximate surface area is 221 Å². The monoisotopic (exact) mass is 536 g/mol. The minimum atomic E-state index is -2.65. The van der Waals surface area contributed by atoms with Crippen molar-refractivity contribution in [3.8, 4) is 0 Å². The number of likely N-dealkylation sites (N-methyl/N-ethyl adjacent to an activating group) is 1. The number of aromatic nitrogens is 2. The van der Waals surface area contributed by atoms with Gasteiger partial charge in [0.2, 0.25) is 5.91 Å². The van der Waals surface area contributed by atoms with Crippen molar-refractivity contribution < 1.29 is 23.3 Å². The topological polar surface area (TPSA) is 145 Å². The second-order valence-electron chi connectivity index (χ2n) is 8.85. The summed E-state index contributed by atoms with van der Waals surface area (Å²) in [5, 5.41) is 10.5. The van der Waals surface area contributed by atoms with E-state index in [1.807, 2.05) is 12.4 Å². The molecule has 0 aromatic carbocycles. The first kappa shape index (κ1) is 22.1. The van der Waals surface area contributed by atoms with Gasteiger partial charge in [0, 0.05) is 53.6 Å². The van der Waals surface area contributed by atoms with Gasteiger partial charge in [-0.3, -0.25) is 19.2 Å². The second kappa shape index (κ2) is 11.3. The van der Waals surface area contributed by atoms with Crippen LogP contribution >= 0.6 is 22.9 Å². The van der Waals surface area contributed by atoms with Crippen LogP contribution in [0, 0.1) is 5.92 Å². The molecule has 1 saturated carbocycles. The van der Waals surface area contributed by atoms with Gasteiger partial charge in [-0.05, 0) is 38.4 Å². The molecule has 3 atom stereocenters. The van der Waals surface area contributed by atoms with Gasteiger partial charge in [0.15, 0.2) is 5.01 Å². The van der Waals surface area contributed by atoms with E-state index >= 15 is 0 Å². The molecule has 2 aliphatic rings. The summed E-state index contributed by atoms with van der Waals surface area (Å²) in [6, 6.07) is 1.50. The van der Waals surface area contributed by atoms with Crippen LogP contribution in [0.3, 0.4) is 0 Å². The van der Waals surface area contributed by atoms with Crippen molar-refractivity contribution in [2.75, 3.05) is 25.9 Å². The molecular weight excluding hydrogens is 506 g/mol. The maximum Gasteiger partial charge on any atom is 0.314 e. The lowest BCUT2D eigenvalue weighted by atomic mass is 9.81. The molecule has 0 saturated heterocycles. The van der Waals surface area contributed by atoms with Crippen LogP contribution in [-0.4, -0.2) is 71.1 Å². The van der Waals surface area contributed by atoms with E-state index in [0.29, 0.717) is 11.6 Å². The normalized spacial score (nSPS) is 23.3. The minimum Gasteiger partial charge on any atom is -0.359 e. The summed E-state index contributed by atoms with van der Waals surface area (Å²) in [5.41, 5.74) is 0.874. The van der Waals surface area contributed by atoms with E-state index in [1.165, 1.54) is 29.7 Å². The average molecular weight is 537 g/mol. The van der Waals surface area contributed by atoms with Gasteiger partial charge in [-0.15, -0.1) is 11.3 Å². The molecule has 1 fully saturated rings. The Hall–Kier alpha value is -3.09. The van der Waals surface area contributed by atoms with Gasteiger partial charge in [0.05, 0.1) is 16.8 Å². The first-order chi connectivity index (χ1) is 18.4. The van der Waals surface area contributed by atoms with Crippen LogP contribution in [0.5, 0.6) is 0 Å². The number of hydrogen-bond acceptors (Lipinski definition) is 8. The summed E-state index contributed by atoms with van der Waals surface area (Å²) in [7, 11) is 1.99. The predicted octanol–water partition coefficient (Wildman–Crippen LogP) is 0.947. The summed E-state index contributed by atoms with van der Waals surface area (Å²) in [4.78, 5) is 62.5. The number of nitrogens with one attached hydrogen (secondary N) is 4. The van der Waals surface area contributed by atoms with E-state index in [2.05, 4.69) is 30.8 Å². The number of rotatable bonds is 5. The van der Waals surface area contributed by atoms with Crippen molar-refractivity contribution in [1.29, 1.82) is 0 Å². The Bertz CT molecular complexity index is 1260. The van der Waals surface area contributed by atoms with Gasteiger partial charge >= 0.3 is 11.8 Å². The fraction of sp³-hybridized carbons (Fsp3) is 0.478. The molecule has 1 aliphatic heterocycles. The summed E-state index contributed by atoms with van der Waals surface area (Å²) in [5.74, 6) is -3.63. The Morgan fingerprint density at radius 3 is 2.75 bits per heavy atom. The largest absolute Gasteiger partial charge is 0.359 e. The quantitative estimate of drug-likeness (QED) is 0.416. The van der Waals surface area contributed by atoms with Crippen molar-refractivity contribution in [3.05, 3.63) is 38.9 Å². The maximum atomic E-state index is 13.2. The smallest absolute Gasteiger partial charge is 0.314 e. The van der Waals surface area contributed by atoms with Crippen LogP contribution in [0.4, 0.5) is 5.82 Å². The van der Waals surface area contributed by atoms with Gasteiger partial charge in [0.25, 0.3) is 5.91 Å². The van der Waals surface area contributed by atoms with Gasteiger partial charge in [-0.25, -0.2) is 9.97 Å². The van der Waals surface area contributed by atoms with E-state index in [-0.39, 0.29) is 30.1 Å². The molecule has 4 N–H and O–H groups in total. The van der Waals surface area contributed by atoms with Crippen molar-refractivity contribution in [2.45, 2.75) is 44.3 Å². The van der Waals surface area contributed by atoms with E-state index < -0.39 is 48.6 Å². The standard InChI is InChI=1S/C23H28ClN7O4S/c1-25-19(32)12-3-5-14(27-20(33)21(34)30-18-6-4-13(24)10-26-18)16(9-12)28-22(35)23-29-15-7-8-31(2)11-17(15)36-23/h4,6,10,12,14,16H,3,5,7-9,11H2,1-2H3,(H,25,32)(H,27,33)(H,28,35)(H,26,30,34)/t12-,14-,16+/m0/s1/i1D3. The molecule has 1 aliphatic carbocycles. The van der Waals surface area contributed by atoms with Crippen molar-refractivity contribution in [2.24, 2.45) is 5.92 Å². The zero-order valence-electron chi connectivity index (χ0n) is 22.5. The van der Waals surface area contributed by atoms with Crippen LogP contribution in [-0.2, 0) is 27.3 Å². The maximum absolute atomic E-state index is 13.2. The first-order valence-electron chi connectivity index (χ1n) is 12.9. The summed E-state index contributed by atoms with van der Waals surface area (Å²) in [6.07, 6.45) is 2.58. The molecule has 36 heavy (non-hydrogen) atoms. The molecule has 11 nitrogen and oxygen atoms in total. The first-order valence-corrected chi connectivity index (χ1v) is 12.6. The molecule has 4 amide bonds. The van der Waals surface area contributed by atoms with E-state index in [1.54, 1.807) is 0 Å². The highest BCUT2D eigenvalue weighted by Gasteiger charge is 2.37. The van der Waals surface area contributed by atoms with E-state index in [0.717, 1.165) is 23.5 Å². The molecule has 13 heteroatoms. The number of anilines is 1. The number of thiazole rings is 1. The van der Waals surface area contributed by atoms with E-state index in [9.17, 15) is 19.2 Å². The van der Waals surface area contributed by atoms with Crippen LogP contribution < -0.4 is 21.3 Å². The fourth-order valence-corrected chi connectivity index (χ4v) is 5.55. The van der Waals surface area contributed by atoms with Gasteiger partial charge in [-0.1, -0.05) is 11.6 Å². The number of carbonyl (C=O) groups is 4.